The molecule has 1 N–H and O–H groups in total. The molecule has 55 heavy (non-hydrogen) atoms. The fraction of sp³-hybridized carbons (Fsp3) is 0.357. The Morgan fingerprint density at radius 1 is 0.945 bits per heavy atom. The van der Waals surface area contributed by atoms with Crippen LogP contribution in [0.15, 0.2) is 108 Å². The summed E-state index contributed by atoms with van der Waals surface area (Å²) in [6, 6.07) is 29.6. The topological polar surface area (TPSA) is 126 Å². The van der Waals surface area contributed by atoms with Crippen LogP contribution < -0.4 is 10.2 Å². The minimum Gasteiger partial charge on any atom is -0.445 e. The number of hydrogen-bond acceptors (Lipinski definition) is 10. The number of amides is 3. The second-order valence-corrected chi connectivity index (χ2v) is 15.7. The number of morpholine rings is 1. The molecule has 3 aliphatic heterocycles. The first-order valence-corrected chi connectivity index (χ1v) is 19.4. The summed E-state index contributed by atoms with van der Waals surface area (Å²) in [5.74, 6) is -0.442. The molecule has 0 bridgehead atoms. The Kier molecular flexibility index (Phi) is 11.8. The van der Waals surface area contributed by atoms with Gasteiger partial charge in [-0.05, 0) is 80.4 Å². The number of thioether (sulfide) groups is 1. The third kappa shape index (κ3) is 9.71. The Morgan fingerprint density at radius 3 is 2.36 bits per heavy atom. The quantitative estimate of drug-likeness (QED) is 0.183. The van der Waals surface area contributed by atoms with Crippen LogP contribution in [0.2, 0.25) is 0 Å². The van der Waals surface area contributed by atoms with Crippen molar-refractivity contribution in [2.75, 3.05) is 43.1 Å². The van der Waals surface area contributed by atoms with Gasteiger partial charge in [-0.1, -0.05) is 60.3 Å². The Hall–Kier alpha value is -5.24. The summed E-state index contributed by atoms with van der Waals surface area (Å²) in [4.78, 5) is 55.9. The van der Waals surface area contributed by atoms with Gasteiger partial charge in [0, 0.05) is 37.1 Å². The molecule has 0 saturated carbocycles. The number of amidine groups is 1. The number of carbonyl (C=O) groups is 3. The number of hydrogen-bond donors (Lipinski definition) is 1. The van der Waals surface area contributed by atoms with Crippen molar-refractivity contribution in [3.05, 3.63) is 120 Å². The normalized spacial score (nSPS) is 20.9. The standard InChI is InChI=1S/C42H46N6O6S/c1-42(2,3)54-35-25-36(47(27-35)41(51)53-28-29-9-5-4-6-10-29)38(49)44-31-14-12-30(13-15-31)37-39(50)48(26-33-11-7-8-20-43-33)40(55-37)45-32-16-18-34(19-17-32)46-21-23-52-24-22-46/h4-20,35-37H,21-28H2,1-3H3,(H,44,49)/t35-,36+,37?/m0/s1. The molecule has 1 unspecified atom stereocenters. The second-order valence-electron chi connectivity index (χ2n) is 14.7. The minimum atomic E-state index is -0.788. The van der Waals surface area contributed by atoms with Crippen molar-refractivity contribution >= 4 is 51.9 Å². The number of benzene rings is 3. The SMILES string of the molecule is CC(C)(C)O[C@H]1C[C@H](C(=O)Nc2ccc(C3SC(=Nc4ccc(N5CCOCC5)cc4)N(Cc4ccccn4)C3=O)cc2)N(C(=O)OCc2ccccc2)C1. The number of pyridine rings is 1. The molecule has 3 aliphatic rings. The van der Waals surface area contributed by atoms with Gasteiger partial charge in [0.25, 0.3) is 0 Å². The lowest BCUT2D eigenvalue weighted by Crippen LogP contribution is -2.43. The molecule has 3 amide bonds. The Labute approximate surface area is 325 Å². The number of nitrogens with one attached hydrogen (secondary N) is 1. The fourth-order valence-electron chi connectivity index (χ4n) is 6.82. The lowest BCUT2D eigenvalue weighted by Gasteiger charge is -2.28. The zero-order valence-corrected chi connectivity index (χ0v) is 32.1. The van der Waals surface area contributed by atoms with E-state index in [-0.39, 0.29) is 37.6 Å². The van der Waals surface area contributed by atoms with Crippen molar-refractivity contribution in [3.63, 3.8) is 0 Å². The lowest BCUT2D eigenvalue weighted by atomic mass is 10.1. The lowest BCUT2D eigenvalue weighted by molar-refractivity contribution is -0.126. The van der Waals surface area contributed by atoms with Crippen molar-refractivity contribution in [2.24, 2.45) is 4.99 Å². The highest BCUT2D eigenvalue weighted by Crippen LogP contribution is 2.41. The summed E-state index contributed by atoms with van der Waals surface area (Å²) in [6.45, 7) is 9.57. The highest BCUT2D eigenvalue weighted by Gasteiger charge is 2.43. The molecule has 1 aromatic heterocycles. The number of anilines is 2. The highest BCUT2D eigenvalue weighted by atomic mass is 32.2. The molecule has 0 aliphatic carbocycles. The smallest absolute Gasteiger partial charge is 0.410 e. The van der Waals surface area contributed by atoms with E-state index in [1.54, 1.807) is 23.2 Å². The van der Waals surface area contributed by atoms with Crippen LogP contribution >= 0.6 is 11.8 Å². The average Bonchev–Trinajstić information content (AvgIpc) is 3.75. The van der Waals surface area contributed by atoms with Crippen molar-refractivity contribution in [2.45, 2.75) is 63.3 Å². The zero-order valence-electron chi connectivity index (χ0n) is 31.3. The van der Waals surface area contributed by atoms with Crippen LogP contribution in [0.4, 0.5) is 21.9 Å². The number of likely N-dealkylation sites (tertiary alicyclic amines) is 1. The van der Waals surface area contributed by atoms with E-state index in [4.69, 9.17) is 19.2 Å². The van der Waals surface area contributed by atoms with Crippen molar-refractivity contribution < 1.29 is 28.6 Å². The number of nitrogens with zero attached hydrogens (tertiary/aromatic N) is 5. The third-order valence-corrected chi connectivity index (χ3v) is 10.7. The van der Waals surface area contributed by atoms with Gasteiger partial charge in [0.1, 0.15) is 17.9 Å². The van der Waals surface area contributed by atoms with E-state index in [9.17, 15) is 14.4 Å². The predicted molar refractivity (Wildman–Crippen MR) is 213 cm³/mol. The van der Waals surface area contributed by atoms with Gasteiger partial charge in [-0.25, -0.2) is 9.79 Å². The summed E-state index contributed by atoms with van der Waals surface area (Å²) in [5.41, 5.74) is 4.34. The molecule has 3 aromatic carbocycles. The summed E-state index contributed by atoms with van der Waals surface area (Å²) >= 11 is 1.39. The largest absolute Gasteiger partial charge is 0.445 e. The number of ether oxygens (including phenoxy) is 3. The summed E-state index contributed by atoms with van der Waals surface area (Å²) in [7, 11) is 0. The molecular formula is C42H46N6O6S. The second kappa shape index (κ2) is 17.1. The predicted octanol–water partition coefficient (Wildman–Crippen LogP) is 6.96. The molecule has 0 spiro atoms. The Morgan fingerprint density at radius 2 is 1.67 bits per heavy atom. The first kappa shape index (κ1) is 38.1. The van der Waals surface area contributed by atoms with Crippen LogP contribution in [0.25, 0.3) is 0 Å². The average molecular weight is 763 g/mol. The van der Waals surface area contributed by atoms with E-state index < -0.39 is 23.0 Å². The van der Waals surface area contributed by atoms with Gasteiger partial charge in [0.15, 0.2) is 5.17 Å². The van der Waals surface area contributed by atoms with Gasteiger partial charge in [-0.3, -0.25) is 24.4 Å². The van der Waals surface area contributed by atoms with Crippen molar-refractivity contribution in [1.82, 2.24) is 14.8 Å². The van der Waals surface area contributed by atoms with Crippen LogP contribution in [0.5, 0.6) is 0 Å². The van der Waals surface area contributed by atoms with Gasteiger partial charge in [0.05, 0.1) is 49.4 Å². The van der Waals surface area contributed by atoms with E-state index >= 15 is 0 Å². The number of carbonyl (C=O) groups excluding carboxylic acids is 3. The summed E-state index contributed by atoms with van der Waals surface area (Å²) in [5, 5.41) is 3.02. The van der Waals surface area contributed by atoms with Crippen LogP contribution in [0, 0.1) is 0 Å². The van der Waals surface area contributed by atoms with E-state index in [0.717, 1.165) is 41.3 Å². The van der Waals surface area contributed by atoms with Crippen LogP contribution in [-0.2, 0) is 37.0 Å². The fourth-order valence-corrected chi connectivity index (χ4v) is 8.00. The molecule has 286 valence electrons. The molecule has 3 fully saturated rings. The van der Waals surface area contributed by atoms with E-state index in [1.165, 1.54) is 16.7 Å². The molecular weight excluding hydrogens is 717 g/mol. The molecule has 3 saturated heterocycles. The molecule has 7 rings (SSSR count). The molecule has 4 heterocycles. The van der Waals surface area contributed by atoms with Crippen LogP contribution in [0.1, 0.15) is 49.3 Å². The maximum atomic E-state index is 14.0. The molecule has 4 aromatic rings. The van der Waals surface area contributed by atoms with E-state index in [2.05, 4.69) is 27.3 Å². The highest BCUT2D eigenvalue weighted by molar-refractivity contribution is 8.15. The van der Waals surface area contributed by atoms with Crippen LogP contribution in [-0.4, -0.2) is 88.5 Å². The van der Waals surface area contributed by atoms with Gasteiger partial charge < -0.3 is 24.4 Å². The molecule has 13 heteroatoms. The van der Waals surface area contributed by atoms with Gasteiger partial charge >= 0.3 is 6.09 Å². The Balaban J connectivity index is 1.05. The number of aromatic nitrogens is 1. The number of rotatable bonds is 10. The van der Waals surface area contributed by atoms with Crippen molar-refractivity contribution in [1.29, 1.82) is 0 Å². The van der Waals surface area contributed by atoms with E-state index in [1.807, 2.05) is 93.6 Å². The maximum absolute atomic E-state index is 14.0. The molecule has 3 atom stereocenters. The monoisotopic (exact) mass is 762 g/mol. The van der Waals surface area contributed by atoms with Crippen molar-refractivity contribution in [3.8, 4) is 0 Å². The van der Waals surface area contributed by atoms with Gasteiger partial charge in [-0.15, -0.1) is 0 Å². The summed E-state index contributed by atoms with van der Waals surface area (Å²) in [6.07, 6.45) is 1.14. The van der Waals surface area contributed by atoms with Gasteiger partial charge in [0.2, 0.25) is 11.8 Å². The van der Waals surface area contributed by atoms with Crippen LogP contribution in [0.3, 0.4) is 0 Å². The van der Waals surface area contributed by atoms with Gasteiger partial charge in [-0.2, -0.15) is 0 Å². The third-order valence-electron chi connectivity index (χ3n) is 9.45. The summed E-state index contributed by atoms with van der Waals surface area (Å²) < 4.78 is 17.3. The molecule has 12 nitrogen and oxygen atoms in total. The minimum absolute atomic E-state index is 0.0988. The first-order chi connectivity index (χ1) is 26.6. The first-order valence-electron chi connectivity index (χ1n) is 18.5. The molecule has 0 radical (unpaired) electrons. The maximum Gasteiger partial charge on any atom is 0.410 e. The Bertz CT molecular complexity index is 1970. The zero-order chi connectivity index (χ0) is 38.4. The number of aliphatic imine (C=N–C) groups is 1. The van der Waals surface area contributed by atoms with E-state index in [0.29, 0.717) is 30.5 Å².